The molecule has 0 N–H and O–H groups in total. The fraction of sp³-hybridized carbons (Fsp3) is 0.750. The Morgan fingerprint density at radius 3 is 1.29 bits per heavy atom. The summed E-state index contributed by atoms with van der Waals surface area (Å²) in [5.74, 6) is 0.721. The van der Waals surface area contributed by atoms with Crippen LogP contribution in [0.3, 0.4) is 0 Å². The molecule has 0 radical (unpaired) electrons. The second-order valence-electron chi connectivity index (χ2n) is 11.6. The standard InChI is InChI=1S/C24H46N2O10P2/c1-19(2)21-15-22(20(3)4)24(32-18-36-38(29,30)34-14-12-26(8,9)10)16-23(21)31-17-35-37(27,28)33-13-11-25(5,6)7/h15-16,19-20H,11-14,17-18H2,1-10H3. The Hall–Kier alpha value is -1.04. The maximum Gasteiger partial charge on any atom is 0.271 e. The van der Waals surface area contributed by atoms with E-state index in [2.05, 4.69) is 0 Å². The highest BCUT2D eigenvalue weighted by molar-refractivity contribution is 7.46. The van der Waals surface area contributed by atoms with Crippen molar-refractivity contribution in [2.75, 3.05) is 82.2 Å². The van der Waals surface area contributed by atoms with Gasteiger partial charge >= 0.3 is 0 Å². The molecule has 0 amide bonds. The molecule has 222 valence electrons. The van der Waals surface area contributed by atoms with E-state index in [9.17, 15) is 18.9 Å². The molecule has 2 atom stereocenters. The number of hydrogen-bond acceptors (Lipinski definition) is 10. The molecule has 12 nitrogen and oxygen atoms in total. The maximum absolute atomic E-state index is 12.1. The van der Waals surface area contributed by atoms with Crippen LogP contribution in [0.25, 0.3) is 0 Å². The summed E-state index contributed by atoms with van der Waals surface area (Å²) >= 11 is 0. The van der Waals surface area contributed by atoms with Gasteiger partial charge in [0.05, 0.1) is 42.3 Å². The van der Waals surface area contributed by atoms with E-state index in [0.29, 0.717) is 33.6 Å². The number of hydrogen-bond donors (Lipinski definition) is 0. The number of likely N-dealkylation sites (N-methyl/N-ethyl adjacent to an activating group) is 2. The zero-order valence-electron chi connectivity index (χ0n) is 24.4. The third-order valence-corrected chi connectivity index (χ3v) is 7.10. The summed E-state index contributed by atoms with van der Waals surface area (Å²) in [4.78, 5) is 24.2. The van der Waals surface area contributed by atoms with E-state index in [1.807, 2.05) is 76.0 Å². The van der Waals surface area contributed by atoms with Gasteiger partial charge in [-0.2, -0.15) is 0 Å². The fourth-order valence-electron chi connectivity index (χ4n) is 2.98. The van der Waals surface area contributed by atoms with Gasteiger partial charge < -0.3 is 37.3 Å². The summed E-state index contributed by atoms with van der Waals surface area (Å²) in [6, 6.07) is 3.45. The second kappa shape index (κ2) is 14.6. The third kappa shape index (κ3) is 14.4. The molecule has 0 spiro atoms. The van der Waals surface area contributed by atoms with Gasteiger partial charge in [0.2, 0.25) is 0 Å². The van der Waals surface area contributed by atoms with E-state index in [1.165, 1.54) is 0 Å². The molecule has 0 fully saturated rings. The molecule has 0 aliphatic carbocycles. The number of quaternary nitrogens is 2. The lowest BCUT2D eigenvalue weighted by Crippen LogP contribution is -2.37. The third-order valence-electron chi connectivity index (χ3n) is 5.26. The van der Waals surface area contributed by atoms with Gasteiger partial charge in [0.15, 0.2) is 13.6 Å². The minimum Gasteiger partial charge on any atom is -0.756 e. The van der Waals surface area contributed by atoms with Crippen LogP contribution >= 0.6 is 15.6 Å². The number of phosphoric ester groups is 2. The highest BCUT2D eigenvalue weighted by Gasteiger charge is 2.20. The molecular weight excluding hydrogens is 538 g/mol. The van der Waals surface area contributed by atoms with Crippen LogP contribution in [-0.2, 0) is 27.2 Å². The molecule has 0 saturated carbocycles. The van der Waals surface area contributed by atoms with Crippen molar-refractivity contribution in [2.45, 2.75) is 39.5 Å². The van der Waals surface area contributed by atoms with E-state index >= 15 is 0 Å². The largest absolute Gasteiger partial charge is 0.756 e. The Labute approximate surface area is 227 Å². The average Bonchev–Trinajstić information content (AvgIpc) is 2.70. The monoisotopic (exact) mass is 584 g/mol. The molecule has 0 aromatic heterocycles. The molecular formula is C24H46N2O10P2. The summed E-state index contributed by atoms with van der Waals surface area (Å²) in [6.07, 6.45) is 0. The quantitative estimate of drug-likeness (QED) is 0.144. The van der Waals surface area contributed by atoms with Gasteiger partial charge in [-0.3, -0.25) is 18.2 Å². The number of ether oxygens (including phenoxy) is 2. The Balaban J connectivity index is 2.90. The highest BCUT2D eigenvalue weighted by Crippen LogP contribution is 2.41. The van der Waals surface area contributed by atoms with Gasteiger partial charge in [0.25, 0.3) is 15.6 Å². The zero-order chi connectivity index (χ0) is 29.4. The van der Waals surface area contributed by atoms with Gasteiger partial charge in [-0.25, -0.2) is 0 Å². The van der Waals surface area contributed by atoms with E-state index in [0.717, 1.165) is 11.1 Å². The average molecular weight is 585 g/mol. The first-order valence-corrected chi connectivity index (χ1v) is 15.4. The molecule has 2 unspecified atom stereocenters. The number of phosphoric acid groups is 2. The van der Waals surface area contributed by atoms with Gasteiger partial charge in [0, 0.05) is 6.07 Å². The summed E-state index contributed by atoms with van der Waals surface area (Å²) in [6.45, 7) is 7.56. The van der Waals surface area contributed by atoms with Crippen molar-refractivity contribution in [2.24, 2.45) is 0 Å². The van der Waals surface area contributed by atoms with Crippen LogP contribution in [0.1, 0.15) is 50.7 Å². The molecule has 14 heteroatoms. The van der Waals surface area contributed by atoms with Gasteiger partial charge in [-0.05, 0) is 29.0 Å². The smallest absolute Gasteiger partial charge is 0.271 e. The van der Waals surface area contributed by atoms with Crippen molar-refractivity contribution in [1.29, 1.82) is 0 Å². The lowest BCUT2D eigenvalue weighted by atomic mass is 9.94. The number of rotatable bonds is 18. The Kier molecular flexibility index (Phi) is 13.4. The molecule has 1 rings (SSSR count). The second-order valence-corrected chi connectivity index (χ2v) is 14.4. The van der Waals surface area contributed by atoms with Crippen LogP contribution in [0.4, 0.5) is 0 Å². The lowest BCUT2D eigenvalue weighted by Gasteiger charge is -2.28. The zero-order valence-corrected chi connectivity index (χ0v) is 26.2. The lowest BCUT2D eigenvalue weighted by molar-refractivity contribution is -0.870. The molecule has 0 bridgehead atoms. The van der Waals surface area contributed by atoms with E-state index < -0.39 is 29.2 Å². The van der Waals surface area contributed by atoms with Crippen molar-refractivity contribution < 1.29 is 55.5 Å². The van der Waals surface area contributed by atoms with Crippen molar-refractivity contribution in [1.82, 2.24) is 0 Å². The minimum absolute atomic E-state index is 0.0226. The Morgan fingerprint density at radius 2 is 1.00 bits per heavy atom. The van der Waals surface area contributed by atoms with Gasteiger partial charge in [-0.15, -0.1) is 0 Å². The first-order valence-electron chi connectivity index (χ1n) is 12.5. The van der Waals surface area contributed by atoms with E-state index in [4.69, 9.17) is 27.6 Å². The molecule has 0 aliphatic rings. The Bertz CT molecular complexity index is 901. The molecule has 38 heavy (non-hydrogen) atoms. The predicted octanol–water partition coefficient (Wildman–Crippen LogP) is 3.02. The maximum atomic E-state index is 12.1. The summed E-state index contributed by atoms with van der Waals surface area (Å²) in [7, 11) is 2.35. The van der Waals surface area contributed by atoms with Crippen molar-refractivity contribution in [3.05, 3.63) is 23.3 Å². The Morgan fingerprint density at radius 1 is 0.658 bits per heavy atom. The number of benzene rings is 1. The first-order chi connectivity index (χ1) is 17.2. The van der Waals surface area contributed by atoms with Gasteiger partial charge in [0.1, 0.15) is 37.8 Å². The SMILES string of the molecule is CC(C)c1cc(C(C)C)c(OCOP(=O)([O-])OCC[N+](C)(C)C)cc1OCOP(=O)([O-])OCC[N+](C)(C)C. The predicted molar refractivity (Wildman–Crippen MR) is 141 cm³/mol. The summed E-state index contributed by atoms with van der Waals surface area (Å²) < 4.78 is 56.1. The van der Waals surface area contributed by atoms with Crippen molar-refractivity contribution in [3.63, 3.8) is 0 Å². The highest BCUT2D eigenvalue weighted by atomic mass is 31.2. The fourth-order valence-corrected chi connectivity index (χ4v) is 4.11. The van der Waals surface area contributed by atoms with Crippen LogP contribution in [0, 0.1) is 0 Å². The molecule has 0 saturated heterocycles. The minimum atomic E-state index is -4.56. The van der Waals surface area contributed by atoms with Crippen LogP contribution < -0.4 is 19.3 Å². The first kappa shape index (κ1) is 35.0. The topological polar surface area (TPSA) is 136 Å². The van der Waals surface area contributed by atoms with Crippen molar-refractivity contribution >= 4 is 15.6 Å². The normalized spacial score (nSPS) is 15.9. The van der Waals surface area contributed by atoms with Crippen LogP contribution in [0.2, 0.25) is 0 Å². The molecule has 0 heterocycles. The van der Waals surface area contributed by atoms with Gasteiger partial charge in [-0.1, -0.05) is 27.7 Å². The molecule has 1 aromatic rings. The van der Waals surface area contributed by atoms with Crippen LogP contribution in [0.5, 0.6) is 11.5 Å². The summed E-state index contributed by atoms with van der Waals surface area (Å²) in [5.41, 5.74) is 1.60. The molecule has 1 aromatic carbocycles. The van der Waals surface area contributed by atoms with Crippen molar-refractivity contribution in [3.8, 4) is 11.5 Å². The van der Waals surface area contributed by atoms with Crippen LogP contribution in [-0.4, -0.2) is 91.1 Å². The molecule has 0 aliphatic heterocycles. The van der Waals surface area contributed by atoms with E-state index in [-0.39, 0.29) is 25.0 Å². The summed E-state index contributed by atoms with van der Waals surface area (Å²) in [5, 5.41) is 0. The number of nitrogens with zero attached hydrogens (tertiary/aromatic N) is 2. The van der Waals surface area contributed by atoms with Crippen LogP contribution in [0.15, 0.2) is 12.1 Å². The van der Waals surface area contributed by atoms with E-state index in [1.54, 1.807) is 6.07 Å².